The van der Waals surface area contributed by atoms with E-state index < -0.39 is 0 Å². The number of benzene rings is 3. The van der Waals surface area contributed by atoms with Gasteiger partial charge in [0.05, 0.1) is 24.6 Å². The molecule has 3 fully saturated rings. The van der Waals surface area contributed by atoms with Gasteiger partial charge in [-0.15, -0.1) is 0 Å². The maximum Gasteiger partial charge on any atom is 0.265 e. The predicted octanol–water partition coefficient (Wildman–Crippen LogP) is 6.53. The molecule has 5 heterocycles. The molecule has 13 nitrogen and oxygen atoms in total. The normalized spacial score (nSPS) is 18.7. The average molecular weight is 852 g/mol. The smallest absolute Gasteiger partial charge is 0.265 e. The Balaban J connectivity index is 0.880. The highest BCUT2D eigenvalue weighted by molar-refractivity contribution is 7.98. The molecule has 2 aromatic heterocycles. The lowest BCUT2D eigenvalue weighted by atomic mass is 9.93. The first-order chi connectivity index (χ1) is 29.4. The fraction of sp³-hybridized carbons (Fsp3) is 0.400. The van der Waals surface area contributed by atoms with Gasteiger partial charge in [-0.25, -0.2) is 9.82 Å². The number of nitrogens with zero attached hydrogens (tertiary/aromatic N) is 4. The lowest BCUT2D eigenvalue weighted by Crippen LogP contribution is -2.76. The summed E-state index contributed by atoms with van der Waals surface area (Å²) in [4.78, 5) is 48.3. The topological polar surface area (TPSA) is 141 Å². The standard InChI is InChI=1S/C45H51ClN8O5S/c1-57-50-41-24-38(7-9-40(41)48-25-29-11-18-58-19-12-29)60-51-44(55)39-8-6-35(23-42(39)59-37-22-32-10-13-47-43(32)49-26-37)53-16-14-52(15-17-53)28-36-21-31-4-5-34(46)20-33(31)27-54(36)45(56)30-2-3-30/h4-10,13,20,22-24,26,29-30,36,48,50H,2-3,11-12,14-19,21,25,27-28H2,1H3,(H,47,49)(H,51,55)/p+1. The summed E-state index contributed by atoms with van der Waals surface area (Å²) in [5.74, 6) is 1.73. The molecular weight excluding hydrogens is 800 g/mol. The molecule has 9 rings (SSSR count). The number of aromatic amines is 1. The second kappa shape index (κ2) is 18.4. The summed E-state index contributed by atoms with van der Waals surface area (Å²) in [5.41, 5.74) is 8.20. The highest BCUT2D eigenvalue weighted by Gasteiger charge is 2.39. The number of carbonyl (C=O) groups is 2. The van der Waals surface area contributed by atoms with E-state index in [1.54, 1.807) is 18.8 Å². The molecule has 5 N–H and O–H groups in total. The van der Waals surface area contributed by atoms with Gasteiger partial charge in [0.25, 0.3) is 5.91 Å². The lowest BCUT2D eigenvalue weighted by Gasteiger charge is -2.42. The van der Waals surface area contributed by atoms with Crippen LogP contribution in [0.5, 0.6) is 11.5 Å². The zero-order valence-electron chi connectivity index (χ0n) is 33.8. The number of hydrogen-bond acceptors (Lipinski definition) is 10. The molecule has 1 saturated carbocycles. The molecule has 0 radical (unpaired) electrons. The fourth-order valence-electron chi connectivity index (χ4n) is 8.53. The number of fused-ring (bicyclic) bond motifs is 2. The van der Waals surface area contributed by atoms with E-state index in [9.17, 15) is 9.59 Å². The molecule has 1 aliphatic carbocycles. The summed E-state index contributed by atoms with van der Waals surface area (Å²) < 4.78 is 15.1. The maximum atomic E-state index is 13.9. The van der Waals surface area contributed by atoms with Crippen molar-refractivity contribution in [3.63, 3.8) is 0 Å². The minimum Gasteiger partial charge on any atom is -0.455 e. The van der Waals surface area contributed by atoms with Crippen LogP contribution in [-0.2, 0) is 27.3 Å². The summed E-state index contributed by atoms with van der Waals surface area (Å²) in [6.45, 7) is 7.24. The highest BCUT2D eigenvalue weighted by atomic mass is 35.5. The SMILES string of the molecule is CO[NH2+]c1cc(SNC(=O)c2ccc(N3CCN(CC4Cc5ccc(Cl)cc5CN4C(=O)C4CC4)CC3)cc2Oc2cnc3[nH]ccc3c2)ccc1NCC1CCOCC1. The third kappa shape index (κ3) is 9.54. The summed E-state index contributed by atoms with van der Waals surface area (Å²) in [6.07, 6.45) is 8.42. The van der Waals surface area contributed by atoms with Crippen LogP contribution in [0.1, 0.15) is 47.2 Å². The van der Waals surface area contributed by atoms with Crippen LogP contribution in [0.15, 0.2) is 84.0 Å². The molecule has 3 aliphatic heterocycles. The van der Waals surface area contributed by atoms with Crippen molar-refractivity contribution in [2.24, 2.45) is 11.8 Å². The van der Waals surface area contributed by atoms with Crippen molar-refractivity contribution in [3.05, 3.63) is 101 Å². The van der Waals surface area contributed by atoms with Crippen LogP contribution in [0, 0.1) is 11.8 Å². The van der Waals surface area contributed by atoms with Crippen molar-refractivity contribution >= 4 is 63.5 Å². The molecule has 314 valence electrons. The molecule has 4 aliphatic rings. The van der Waals surface area contributed by atoms with Gasteiger partial charge in [-0.3, -0.25) is 19.2 Å². The largest absolute Gasteiger partial charge is 0.455 e. The maximum absolute atomic E-state index is 13.9. The molecule has 15 heteroatoms. The number of pyridine rings is 1. The van der Waals surface area contributed by atoms with Gasteiger partial charge in [-0.05, 0) is 110 Å². The van der Waals surface area contributed by atoms with Gasteiger partial charge in [-0.2, -0.15) is 5.48 Å². The van der Waals surface area contributed by atoms with Gasteiger partial charge in [-0.1, -0.05) is 17.7 Å². The zero-order valence-corrected chi connectivity index (χ0v) is 35.4. The van der Waals surface area contributed by atoms with E-state index >= 15 is 0 Å². The van der Waals surface area contributed by atoms with E-state index in [-0.39, 0.29) is 23.8 Å². The molecule has 1 atom stereocenters. The Bertz CT molecular complexity index is 2330. The van der Waals surface area contributed by atoms with Crippen LogP contribution < -0.4 is 25.2 Å². The number of H-pyrrole nitrogens is 1. The number of quaternary nitrogens is 1. The molecule has 0 bridgehead atoms. The van der Waals surface area contributed by atoms with Gasteiger partial charge >= 0.3 is 0 Å². The Kier molecular flexibility index (Phi) is 12.5. The van der Waals surface area contributed by atoms with E-state index in [0.29, 0.717) is 34.5 Å². The van der Waals surface area contributed by atoms with E-state index in [1.165, 1.54) is 17.5 Å². The van der Waals surface area contributed by atoms with Crippen LogP contribution >= 0.6 is 23.5 Å². The number of carbonyl (C=O) groups excluding carboxylic acids is 2. The molecule has 5 aromatic rings. The van der Waals surface area contributed by atoms with Gasteiger partial charge in [0.1, 0.15) is 17.1 Å². The third-order valence-electron chi connectivity index (χ3n) is 12.1. The van der Waals surface area contributed by atoms with Gasteiger partial charge in [0.2, 0.25) is 5.91 Å². The quantitative estimate of drug-likeness (QED) is 0.0555. The molecule has 3 aromatic carbocycles. The first-order valence-electron chi connectivity index (χ1n) is 21.0. The number of aromatic nitrogens is 2. The summed E-state index contributed by atoms with van der Waals surface area (Å²) in [6, 6.07) is 21.9. The van der Waals surface area contributed by atoms with Crippen molar-refractivity contribution in [1.82, 2.24) is 24.5 Å². The van der Waals surface area contributed by atoms with E-state index in [2.05, 4.69) is 40.8 Å². The number of ether oxygens (including phenoxy) is 2. The molecule has 60 heavy (non-hydrogen) atoms. The molecule has 2 amide bonds. The first-order valence-corrected chi connectivity index (χ1v) is 22.2. The van der Waals surface area contributed by atoms with Crippen LogP contribution in [-0.4, -0.2) is 97.2 Å². The number of nitrogens with two attached hydrogens (primary N) is 1. The van der Waals surface area contributed by atoms with Crippen LogP contribution in [0.4, 0.5) is 17.1 Å². The lowest BCUT2D eigenvalue weighted by molar-refractivity contribution is -0.829. The van der Waals surface area contributed by atoms with Crippen molar-refractivity contribution in [1.29, 1.82) is 0 Å². The second-order valence-electron chi connectivity index (χ2n) is 16.2. The van der Waals surface area contributed by atoms with E-state index in [0.717, 1.165) is 123 Å². The minimum absolute atomic E-state index is 0.126. The number of hydrogen-bond donors (Lipinski definition) is 4. The minimum atomic E-state index is -0.275. The van der Waals surface area contributed by atoms with Crippen molar-refractivity contribution < 1.29 is 29.4 Å². The second-order valence-corrected chi connectivity index (χ2v) is 17.6. The molecule has 1 unspecified atom stereocenters. The van der Waals surface area contributed by atoms with Crippen molar-refractivity contribution in [3.8, 4) is 11.5 Å². The Morgan fingerprint density at radius 3 is 2.65 bits per heavy atom. The van der Waals surface area contributed by atoms with Crippen LogP contribution in [0.25, 0.3) is 11.0 Å². The fourth-order valence-corrected chi connectivity index (χ4v) is 9.36. The van der Waals surface area contributed by atoms with Crippen LogP contribution in [0.3, 0.4) is 0 Å². The predicted molar refractivity (Wildman–Crippen MR) is 234 cm³/mol. The van der Waals surface area contributed by atoms with E-state index in [1.807, 2.05) is 66.9 Å². The number of halogens is 1. The highest BCUT2D eigenvalue weighted by Crippen LogP contribution is 2.36. The summed E-state index contributed by atoms with van der Waals surface area (Å²) in [7, 11) is 1.64. The summed E-state index contributed by atoms with van der Waals surface area (Å²) in [5, 5.41) is 5.21. The van der Waals surface area contributed by atoms with E-state index in [4.69, 9.17) is 25.9 Å². The Hall–Kier alpha value is -4.83. The molecule has 0 spiro atoms. The molecule has 2 saturated heterocycles. The zero-order chi connectivity index (χ0) is 41.0. The van der Waals surface area contributed by atoms with Gasteiger partial charge in [0.15, 0.2) is 5.69 Å². The average Bonchev–Trinajstić information content (AvgIpc) is 4.02. The summed E-state index contributed by atoms with van der Waals surface area (Å²) >= 11 is 7.60. The van der Waals surface area contributed by atoms with Gasteiger partial charge in [0, 0.05) is 110 Å². The van der Waals surface area contributed by atoms with Crippen LogP contribution in [0.2, 0.25) is 5.02 Å². The van der Waals surface area contributed by atoms with Crippen molar-refractivity contribution in [2.75, 3.05) is 69.8 Å². The number of piperazine rings is 1. The van der Waals surface area contributed by atoms with Crippen molar-refractivity contribution in [2.45, 2.75) is 49.6 Å². The number of anilines is 2. The monoisotopic (exact) mass is 851 g/mol. The first kappa shape index (κ1) is 40.6. The third-order valence-corrected chi connectivity index (χ3v) is 13.1. The van der Waals surface area contributed by atoms with Gasteiger partial charge < -0.3 is 29.6 Å². The number of rotatable bonds is 14. The number of amides is 2. The molecular formula is C45H52ClN8O5S+. The Labute approximate surface area is 359 Å². The Morgan fingerprint density at radius 1 is 0.983 bits per heavy atom. The number of nitrogens with one attached hydrogen (secondary N) is 3. The Morgan fingerprint density at radius 2 is 1.83 bits per heavy atom.